The second kappa shape index (κ2) is 5.32. The molecule has 0 spiro atoms. The summed E-state index contributed by atoms with van der Waals surface area (Å²) in [6, 6.07) is 4.73. The molecule has 110 valence electrons. The van der Waals surface area contributed by atoms with Crippen LogP contribution in [0.3, 0.4) is 0 Å². The van der Waals surface area contributed by atoms with Gasteiger partial charge in [0.05, 0.1) is 18.0 Å². The Balaban J connectivity index is 2.34. The van der Waals surface area contributed by atoms with Crippen LogP contribution < -0.4 is 9.46 Å². The molecule has 1 aliphatic carbocycles. The average molecular weight is 298 g/mol. The molecule has 20 heavy (non-hydrogen) atoms. The van der Waals surface area contributed by atoms with Crippen LogP contribution in [-0.4, -0.2) is 45.7 Å². The molecule has 1 fully saturated rings. The summed E-state index contributed by atoms with van der Waals surface area (Å²) in [5.74, 6) is 0.300. The maximum Gasteiger partial charge on any atom is 0.253 e. The summed E-state index contributed by atoms with van der Waals surface area (Å²) in [6.45, 7) is 0. The van der Waals surface area contributed by atoms with Crippen LogP contribution in [0, 0.1) is 0 Å². The van der Waals surface area contributed by atoms with Gasteiger partial charge in [0.1, 0.15) is 5.75 Å². The fourth-order valence-corrected chi connectivity index (χ4v) is 2.25. The lowest BCUT2D eigenvalue weighted by molar-refractivity contribution is 0.0827. The zero-order valence-corrected chi connectivity index (χ0v) is 12.5. The number of nitrogens with one attached hydrogen (secondary N) is 1. The van der Waals surface area contributed by atoms with Gasteiger partial charge in [0.25, 0.3) is 5.91 Å². The van der Waals surface area contributed by atoms with Crippen LogP contribution in [0.5, 0.6) is 5.75 Å². The highest BCUT2D eigenvalue weighted by molar-refractivity contribution is 7.92. The molecule has 0 radical (unpaired) electrons. The van der Waals surface area contributed by atoms with E-state index < -0.39 is 10.0 Å². The summed E-state index contributed by atoms with van der Waals surface area (Å²) in [5, 5.41) is 0. The third-order valence-corrected chi connectivity index (χ3v) is 3.30. The molecule has 1 aromatic rings. The molecule has 0 heterocycles. The van der Waals surface area contributed by atoms with Gasteiger partial charge in [-0.15, -0.1) is 0 Å². The summed E-state index contributed by atoms with van der Waals surface area (Å²) in [7, 11) is -0.121. The number of sulfonamides is 1. The van der Waals surface area contributed by atoms with E-state index in [4.69, 9.17) is 4.74 Å². The van der Waals surface area contributed by atoms with Gasteiger partial charge in [-0.1, -0.05) is 0 Å². The smallest absolute Gasteiger partial charge is 0.253 e. The van der Waals surface area contributed by atoms with Gasteiger partial charge in [-0.3, -0.25) is 9.52 Å². The van der Waals surface area contributed by atoms with Gasteiger partial charge in [-0.05, 0) is 25.0 Å². The molecule has 1 N–H and O–H groups in total. The topological polar surface area (TPSA) is 75.7 Å². The first-order valence-corrected chi connectivity index (χ1v) is 8.15. The van der Waals surface area contributed by atoms with Gasteiger partial charge >= 0.3 is 0 Å². The molecule has 0 aliphatic heterocycles. The van der Waals surface area contributed by atoms with Crippen LogP contribution in [0.15, 0.2) is 18.2 Å². The summed E-state index contributed by atoms with van der Waals surface area (Å²) < 4.78 is 30.6. The normalized spacial score (nSPS) is 14.8. The molecule has 1 aliphatic rings. The Bertz CT molecular complexity index is 621. The van der Waals surface area contributed by atoms with E-state index in [9.17, 15) is 13.2 Å². The molecule has 0 unspecified atom stereocenters. The van der Waals surface area contributed by atoms with Crippen LogP contribution in [0.1, 0.15) is 23.2 Å². The van der Waals surface area contributed by atoms with Crippen LogP contribution >= 0.6 is 0 Å². The van der Waals surface area contributed by atoms with Gasteiger partial charge in [0.2, 0.25) is 10.0 Å². The maximum absolute atomic E-state index is 12.0. The SMILES string of the molecule is CN(C)C(=O)c1cc(NS(C)(=O)=O)cc(OC2CC2)c1. The molecule has 2 rings (SSSR count). The van der Waals surface area contributed by atoms with Crippen molar-refractivity contribution >= 4 is 21.6 Å². The Morgan fingerprint density at radius 1 is 1.30 bits per heavy atom. The number of ether oxygens (including phenoxy) is 1. The fraction of sp³-hybridized carbons (Fsp3) is 0.462. The van der Waals surface area contributed by atoms with Crippen LogP contribution in [0.25, 0.3) is 0 Å². The van der Waals surface area contributed by atoms with Crippen LogP contribution in [0.2, 0.25) is 0 Å². The van der Waals surface area contributed by atoms with Gasteiger partial charge in [0, 0.05) is 25.7 Å². The van der Waals surface area contributed by atoms with Crippen molar-refractivity contribution in [3.63, 3.8) is 0 Å². The number of hydrogen-bond acceptors (Lipinski definition) is 4. The van der Waals surface area contributed by atoms with Crippen LogP contribution in [0.4, 0.5) is 5.69 Å². The van der Waals surface area contributed by atoms with Crippen molar-refractivity contribution < 1.29 is 17.9 Å². The van der Waals surface area contributed by atoms with Gasteiger partial charge in [-0.25, -0.2) is 8.42 Å². The first-order valence-electron chi connectivity index (χ1n) is 6.26. The van der Waals surface area contributed by atoms with Crippen molar-refractivity contribution in [3.05, 3.63) is 23.8 Å². The lowest BCUT2D eigenvalue weighted by Crippen LogP contribution is -2.22. The highest BCUT2D eigenvalue weighted by Crippen LogP contribution is 2.30. The van der Waals surface area contributed by atoms with Crippen molar-refractivity contribution in [2.45, 2.75) is 18.9 Å². The van der Waals surface area contributed by atoms with E-state index in [1.165, 1.54) is 11.0 Å². The van der Waals surface area contributed by atoms with Crippen molar-refractivity contribution in [3.8, 4) is 5.75 Å². The standard InChI is InChI=1S/C13H18N2O4S/c1-15(2)13(16)9-6-10(14-20(3,17)18)8-12(7-9)19-11-4-5-11/h6-8,11,14H,4-5H2,1-3H3. The number of carbonyl (C=O) groups is 1. The van der Waals surface area contributed by atoms with E-state index in [2.05, 4.69) is 4.72 Å². The van der Waals surface area contributed by atoms with Crippen molar-refractivity contribution in [2.75, 3.05) is 25.1 Å². The number of carbonyl (C=O) groups excluding carboxylic acids is 1. The minimum atomic E-state index is -3.40. The van der Waals surface area contributed by atoms with Crippen molar-refractivity contribution in [1.82, 2.24) is 4.90 Å². The number of amides is 1. The molecule has 1 amide bonds. The average Bonchev–Trinajstić information content (AvgIpc) is 3.09. The lowest BCUT2D eigenvalue weighted by atomic mass is 10.1. The quantitative estimate of drug-likeness (QED) is 0.889. The highest BCUT2D eigenvalue weighted by Gasteiger charge is 2.24. The number of anilines is 1. The van der Waals surface area contributed by atoms with E-state index in [0.717, 1.165) is 19.1 Å². The molecular formula is C13H18N2O4S. The largest absolute Gasteiger partial charge is 0.490 e. The Kier molecular flexibility index (Phi) is 3.89. The van der Waals surface area contributed by atoms with Crippen molar-refractivity contribution in [1.29, 1.82) is 0 Å². The number of rotatable bonds is 5. The number of hydrogen-bond donors (Lipinski definition) is 1. The van der Waals surface area contributed by atoms with E-state index in [1.807, 2.05) is 0 Å². The third-order valence-electron chi connectivity index (χ3n) is 2.69. The van der Waals surface area contributed by atoms with Gasteiger partial charge in [-0.2, -0.15) is 0 Å². The van der Waals surface area contributed by atoms with E-state index in [1.54, 1.807) is 26.2 Å². The summed E-state index contributed by atoms with van der Waals surface area (Å²) >= 11 is 0. The first kappa shape index (κ1) is 14.6. The molecule has 1 saturated carbocycles. The highest BCUT2D eigenvalue weighted by atomic mass is 32.2. The Labute approximate surface area is 118 Å². The third kappa shape index (κ3) is 4.12. The summed E-state index contributed by atoms with van der Waals surface area (Å²) in [5.41, 5.74) is 0.718. The Morgan fingerprint density at radius 2 is 1.95 bits per heavy atom. The molecule has 0 bridgehead atoms. The second-order valence-corrected chi connectivity index (χ2v) is 6.89. The molecular weight excluding hydrogens is 280 g/mol. The zero-order chi connectivity index (χ0) is 14.9. The molecule has 0 saturated heterocycles. The number of nitrogens with zero attached hydrogens (tertiary/aromatic N) is 1. The lowest BCUT2D eigenvalue weighted by Gasteiger charge is -2.14. The van der Waals surface area contributed by atoms with E-state index >= 15 is 0 Å². The second-order valence-electron chi connectivity index (χ2n) is 5.14. The summed E-state index contributed by atoms with van der Waals surface area (Å²) in [4.78, 5) is 13.4. The first-order chi connectivity index (χ1) is 9.24. The minimum absolute atomic E-state index is 0.172. The summed E-state index contributed by atoms with van der Waals surface area (Å²) in [6.07, 6.45) is 3.21. The Morgan fingerprint density at radius 3 is 2.45 bits per heavy atom. The predicted octanol–water partition coefficient (Wildman–Crippen LogP) is 1.30. The molecule has 7 heteroatoms. The molecule has 0 atom stereocenters. The van der Waals surface area contributed by atoms with Crippen LogP contribution in [-0.2, 0) is 10.0 Å². The van der Waals surface area contributed by atoms with E-state index in [0.29, 0.717) is 17.0 Å². The Hall–Kier alpha value is -1.76. The zero-order valence-electron chi connectivity index (χ0n) is 11.7. The monoisotopic (exact) mass is 298 g/mol. The maximum atomic E-state index is 12.0. The van der Waals surface area contributed by atoms with Crippen molar-refractivity contribution in [2.24, 2.45) is 0 Å². The van der Waals surface area contributed by atoms with E-state index in [-0.39, 0.29) is 12.0 Å². The van der Waals surface area contributed by atoms with Gasteiger partial charge in [0.15, 0.2) is 0 Å². The fourth-order valence-electron chi connectivity index (χ4n) is 1.70. The predicted molar refractivity (Wildman–Crippen MR) is 76.6 cm³/mol. The minimum Gasteiger partial charge on any atom is -0.490 e. The van der Waals surface area contributed by atoms with Gasteiger partial charge < -0.3 is 9.64 Å². The molecule has 1 aromatic carbocycles. The molecule has 6 nitrogen and oxygen atoms in total. The number of benzene rings is 1. The molecule has 0 aromatic heterocycles.